The van der Waals surface area contributed by atoms with Crippen LogP contribution in [0.25, 0.3) is 0 Å². The van der Waals surface area contributed by atoms with Crippen LogP contribution in [-0.4, -0.2) is 5.12 Å². The van der Waals surface area contributed by atoms with Crippen molar-refractivity contribution in [2.45, 2.75) is 0 Å². The Bertz CT molecular complexity index is 667. The fourth-order valence-corrected chi connectivity index (χ4v) is 1.69. The second-order valence-corrected chi connectivity index (χ2v) is 4.38. The lowest BCUT2D eigenvalue weighted by atomic mass is 10.2. The molecule has 0 N–H and O–H groups in total. The van der Waals surface area contributed by atoms with Crippen molar-refractivity contribution in [2.75, 3.05) is 0 Å². The molecule has 19 heavy (non-hydrogen) atoms. The minimum absolute atomic E-state index is 0.243. The fraction of sp³-hybridized carbons (Fsp3) is 0. The Hall–Kier alpha value is -2.42. The topological polar surface area (TPSA) is 17.1 Å². The smallest absolute Gasteiger partial charge is 0.271 e. The lowest BCUT2D eigenvalue weighted by Crippen LogP contribution is -1.83. The maximum atomic E-state index is 11.5. The predicted octanol–water partition coefficient (Wildman–Crippen LogP) is 3.31. The first-order valence-corrected chi connectivity index (χ1v) is 6.50. The molecular formula is C17H10OS. The Kier molecular flexibility index (Phi) is 4.87. The molecule has 2 aromatic rings. The molecule has 0 bridgehead atoms. The monoisotopic (exact) mass is 262 g/mol. The van der Waals surface area contributed by atoms with E-state index in [0.717, 1.165) is 22.9 Å². The van der Waals surface area contributed by atoms with Crippen molar-refractivity contribution in [1.29, 1.82) is 0 Å². The maximum absolute atomic E-state index is 11.5. The van der Waals surface area contributed by atoms with E-state index in [4.69, 9.17) is 0 Å². The van der Waals surface area contributed by atoms with Crippen LogP contribution in [0.15, 0.2) is 60.7 Å². The van der Waals surface area contributed by atoms with Crippen molar-refractivity contribution in [3.05, 3.63) is 71.8 Å². The molecule has 0 aliphatic carbocycles. The van der Waals surface area contributed by atoms with Crippen LogP contribution in [0.1, 0.15) is 11.1 Å². The SMILES string of the molecule is O=C(C#Cc1ccccc1)SC#Cc1ccccc1. The van der Waals surface area contributed by atoms with Crippen LogP contribution in [0.4, 0.5) is 0 Å². The fourth-order valence-electron chi connectivity index (χ4n) is 1.32. The van der Waals surface area contributed by atoms with Gasteiger partial charge in [-0.1, -0.05) is 48.2 Å². The molecule has 0 saturated heterocycles. The summed E-state index contributed by atoms with van der Waals surface area (Å²) in [4.78, 5) is 11.5. The highest BCUT2D eigenvalue weighted by atomic mass is 32.2. The molecule has 1 nitrogen and oxygen atoms in total. The largest absolute Gasteiger partial charge is 0.275 e. The first-order valence-electron chi connectivity index (χ1n) is 5.68. The van der Waals surface area contributed by atoms with Gasteiger partial charge in [-0.15, -0.1) is 0 Å². The lowest BCUT2D eigenvalue weighted by Gasteiger charge is -1.86. The molecule has 0 aliphatic heterocycles. The van der Waals surface area contributed by atoms with E-state index in [9.17, 15) is 4.79 Å². The first-order chi connectivity index (χ1) is 9.34. The van der Waals surface area contributed by atoms with Gasteiger partial charge in [-0.2, -0.15) is 0 Å². The summed E-state index contributed by atoms with van der Waals surface area (Å²) in [7, 11) is 0. The molecule has 0 amide bonds. The zero-order chi connectivity index (χ0) is 13.3. The van der Waals surface area contributed by atoms with Crippen molar-refractivity contribution in [3.63, 3.8) is 0 Å². The molecule has 2 aromatic carbocycles. The van der Waals surface area contributed by atoms with E-state index in [-0.39, 0.29) is 5.12 Å². The minimum Gasteiger partial charge on any atom is -0.271 e. The summed E-state index contributed by atoms with van der Waals surface area (Å²) in [6.07, 6.45) is 0. The number of carbonyl (C=O) groups excluding carboxylic acids is 1. The van der Waals surface area contributed by atoms with E-state index in [0.29, 0.717) is 0 Å². The van der Waals surface area contributed by atoms with Gasteiger partial charge < -0.3 is 0 Å². The van der Waals surface area contributed by atoms with Gasteiger partial charge >= 0.3 is 0 Å². The summed E-state index contributed by atoms with van der Waals surface area (Å²) < 4.78 is 0. The van der Waals surface area contributed by atoms with E-state index < -0.39 is 0 Å². The Labute approximate surface area is 117 Å². The number of carbonyl (C=O) groups is 1. The molecule has 2 heteroatoms. The number of benzene rings is 2. The number of rotatable bonds is 0. The number of hydrogen-bond donors (Lipinski definition) is 0. The predicted molar refractivity (Wildman–Crippen MR) is 79.2 cm³/mol. The van der Waals surface area contributed by atoms with Gasteiger partial charge in [-0.05, 0) is 35.4 Å². The van der Waals surface area contributed by atoms with Crippen LogP contribution in [-0.2, 0) is 4.79 Å². The second kappa shape index (κ2) is 7.11. The molecule has 0 fully saturated rings. The summed E-state index contributed by atoms with van der Waals surface area (Å²) >= 11 is 0.917. The van der Waals surface area contributed by atoms with Crippen molar-refractivity contribution >= 4 is 16.9 Å². The molecule has 0 unspecified atom stereocenters. The van der Waals surface area contributed by atoms with Crippen molar-refractivity contribution in [2.24, 2.45) is 0 Å². The average molecular weight is 262 g/mol. The van der Waals surface area contributed by atoms with Gasteiger partial charge in [0.05, 0.1) is 0 Å². The van der Waals surface area contributed by atoms with Crippen molar-refractivity contribution in [1.82, 2.24) is 0 Å². The average Bonchev–Trinajstić information content (AvgIpc) is 2.47. The van der Waals surface area contributed by atoms with Crippen LogP contribution in [0, 0.1) is 23.0 Å². The first kappa shape index (κ1) is 13.0. The Balaban J connectivity index is 1.93. The van der Waals surface area contributed by atoms with Gasteiger partial charge in [0, 0.05) is 22.9 Å². The van der Waals surface area contributed by atoms with Gasteiger partial charge in [0.25, 0.3) is 5.12 Å². The van der Waals surface area contributed by atoms with E-state index in [1.165, 1.54) is 0 Å². The highest BCUT2D eigenvalue weighted by Gasteiger charge is 1.93. The summed E-state index contributed by atoms with van der Waals surface area (Å²) in [5, 5.41) is 2.51. The molecular weight excluding hydrogens is 252 g/mol. The molecule has 0 radical (unpaired) electrons. The summed E-state index contributed by atoms with van der Waals surface area (Å²) in [6, 6.07) is 18.9. The van der Waals surface area contributed by atoms with Gasteiger partial charge in [0.2, 0.25) is 0 Å². The third kappa shape index (κ3) is 4.76. The molecule has 0 aromatic heterocycles. The standard InChI is InChI=1S/C17H10OS/c18-17(12-11-15-7-3-1-4-8-15)19-14-13-16-9-5-2-6-10-16/h1-10H. The molecule has 0 aliphatic rings. The van der Waals surface area contributed by atoms with Gasteiger partial charge in [-0.3, -0.25) is 4.79 Å². The summed E-state index contributed by atoms with van der Waals surface area (Å²) in [5.41, 5.74) is 1.71. The second-order valence-electron chi connectivity index (χ2n) is 3.60. The Morgan fingerprint density at radius 3 is 1.89 bits per heavy atom. The molecule has 0 heterocycles. The summed E-state index contributed by atoms with van der Waals surface area (Å²) in [6.45, 7) is 0. The third-order valence-corrected chi connectivity index (χ3v) is 2.69. The zero-order valence-electron chi connectivity index (χ0n) is 10.1. The van der Waals surface area contributed by atoms with Gasteiger partial charge in [-0.25, -0.2) is 0 Å². The quantitative estimate of drug-likeness (QED) is 0.678. The molecule has 0 spiro atoms. The third-order valence-electron chi connectivity index (χ3n) is 2.20. The minimum atomic E-state index is -0.243. The lowest BCUT2D eigenvalue weighted by molar-refractivity contribution is -0.106. The maximum Gasteiger partial charge on any atom is 0.275 e. The van der Waals surface area contributed by atoms with Gasteiger partial charge in [0.1, 0.15) is 0 Å². The van der Waals surface area contributed by atoms with Crippen molar-refractivity contribution in [3.8, 4) is 23.0 Å². The molecule has 2 rings (SSSR count). The van der Waals surface area contributed by atoms with E-state index >= 15 is 0 Å². The summed E-state index contributed by atoms with van der Waals surface area (Å²) in [5.74, 6) is 8.26. The van der Waals surface area contributed by atoms with Crippen LogP contribution in [0.5, 0.6) is 0 Å². The molecule has 0 saturated carbocycles. The normalized spacial score (nSPS) is 8.63. The van der Waals surface area contributed by atoms with Crippen molar-refractivity contribution < 1.29 is 4.79 Å². The number of hydrogen-bond acceptors (Lipinski definition) is 2. The van der Waals surface area contributed by atoms with Gasteiger partial charge in [0.15, 0.2) is 0 Å². The molecule has 0 atom stereocenters. The van der Waals surface area contributed by atoms with E-state index in [2.05, 4.69) is 23.0 Å². The zero-order valence-corrected chi connectivity index (χ0v) is 10.9. The Morgan fingerprint density at radius 2 is 1.32 bits per heavy atom. The Morgan fingerprint density at radius 1 is 0.789 bits per heavy atom. The van der Waals surface area contributed by atoms with Crippen LogP contribution in [0.2, 0.25) is 0 Å². The van der Waals surface area contributed by atoms with E-state index in [1.807, 2.05) is 60.7 Å². The molecule has 90 valence electrons. The number of thioether (sulfide) groups is 1. The van der Waals surface area contributed by atoms with Crippen LogP contribution in [0.3, 0.4) is 0 Å². The highest BCUT2D eigenvalue weighted by molar-refractivity contribution is 8.18. The van der Waals surface area contributed by atoms with E-state index in [1.54, 1.807) is 0 Å². The van der Waals surface area contributed by atoms with Crippen LogP contribution >= 0.6 is 11.8 Å². The van der Waals surface area contributed by atoms with Crippen LogP contribution < -0.4 is 0 Å². The highest BCUT2D eigenvalue weighted by Crippen LogP contribution is 2.01.